The van der Waals surface area contributed by atoms with Gasteiger partial charge in [0.15, 0.2) is 0 Å². The molecule has 2 N–H and O–H groups in total. The van der Waals surface area contributed by atoms with Gasteiger partial charge in [0, 0.05) is 25.3 Å². The lowest BCUT2D eigenvalue weighted by Crippen LogP contribution is -2.47. The van der Waals surface area contributed by atoms with E-state index in [1.54, 1.807) is 0 Å². The fraction of sp³-hybridized carbons (Fsp3) is 0.643. The quantitative estimate of drug-likeness (QED) is 0.875. The van der Waals surface area contributed by atoms with Crippen LogP contribution in [0.5, 0.6) is 0 Å². The standard InChI is InChI=1S/C14H25N3/c1-13(2,3)11-7-8-12(16-9-11)17(6)14(4,5)10-15/h7-9H,10,15H2,1-6H3. The van der Waals surface area contributed by atoms with Crippen molar-refractivity contribution in [2.75, 3.05) is 18.5 Å². The molecule has 0 aliphatic heterocycles. The van der Waals surface area contributed by atoms with Gasteiger partial charge in [-0.15, -0.1) is 0 Å². The Balaban J connectivity index is 2.96. The van der Waals surface area contributed by atoms with Gasteiger partial charge >= 0.3 is 0 Å². The van der Waals surface area contributed by atoms with Crippen LogP contribution < -0.4 is 10.6 Å². The molecule has 0 aliphatic rings. The fourth-order valence-electron chi connectivity index (χ4n) is 1.48. The van der Waals surface area contributed by atoms with E-state index in [0.717, 1.165) is 5.82 Å². The third-order valence-electron chi connectivity index (χ3n) is 3.37. The van der Waals surface area contributed by atoms with E-state index in [2.05, 4.69) is 56.6 Å². The van der Waals surface area contributed by atoms with E-state index in [0.29, 0.717) is 6.54 Å². The average Bonchev–Trinajstić information content (AvgIpc) is 2.27. The predicted octanol–water partition coefficient (Wildman–Crippen LogP) is 2.55. The van der Waals surface area contributed by atoms with Crippen LogP contribution in [0.4, 0.5) is 5.82 Å². The first-order valence-electron chi connectivity index (χ1n) is 6.09. The molecule has 0 aromatic carbocycles. The van der Waals surface area contributed by atoms with Crippen molar-refractivity contribution < 1.29 is 0 Å². The second kappa shape index (κ2) is 4.65. The largest absolute Gasteiger partial charge is 0.353 e. The highest BCUT2D eigenvalue weighted by atomic mass is 15.2. The van der Waals surface area contributed by atoms with Gasteiger partial charge in [-0.25, -0.2) is 4.98 Å². The molecule has 1 rings (SSSR count). The SMILES string of the molecule is CN(c1ccc(C(C)(C)C)cn1)C(C)(C)CN. The Bertz CT molecular complexity index is 360. The molecule has 1 aromatic heterocycles. The van der Waals surface area contributed by atoms with Gasteiger partial charge in [0.2, 0.25) is 0 Å². The minimum absolute atomic E-state index is 0.0732. The summed E-state index contributed by atoms with van der Waals surface area (Å²) in [5.74, 6) is 0.966. The minimum atomic E-state index is -0.0732. The van der Waals surface area contributed by atoms with Crippen molar-refractivity contribution in [2.45, 2.75) is 45.6 Å². The molecule has 0 saturated heterocycles. The summed E-state index contributed by atoms with van der Waals surface area (Å²) in [6, 6.07) is 4.21. The maximum absolute atomic E-state index is 5.77. The van der Waals surface area contributed by atoms with Crippen molar-refractivity contribution in [1.82, 2.24) is 4.98 Å². The number of nitrogens with two attached hydrogens (primary N) is 1. The van der Waals surface area contributed by atoms with Crippen molar-refractivity contribution >= 4 is 5.82 Å². The molecule has 1 heterocycles. The Morgan fingerprint density at radius 2 is 1.76 bits per heavy atom. The molecular formula is C14H25N3. The van der Waals surface area contributed by atoms with Gasteiger partial charge in [-0.2, -0.15) is 0 Å². The Morgan fingerprint density at radius 3 is 2.12 bits per heavy atom. The molecule has 17 heavy (non-hydrogen) atoms. The van der Waals surface area contributed by atoms with Crippen LogP contribution >= 0.6 is 0 Å². The first-order valence-corrected chi connectivity index (χ1v) is 6.09. The summed E-state index contributed by atoms with van der Waals surface area (Å²) in [5, 5.41) is 0. The maximum atomic E-state index is 5.77. The molecule has 0 fully saturated rings. The second-order valence-electron chi connectivity index (χ2n) is 6.23. The van der Waals surface area contributed by atoms with Crippen molar-refractivity contribution in [3.63, 3.8) is 0 Å². The highest BCUT2D eigenvalue weighted by molar-refractivity contribution is 5.42. The van der Waals surface area contributed by atoms with E-state index in [1.165, 1.54) is 5.56 Å². The maximum Gasteiger partial charge on any atom is 0.128 e. The number of hydrogen-bond acceptors (Lipinski definition) is 3. The molecule has 0 saturated carbocycles. The van der Waals surface area contributed by atoms with Crippen molar-refractivity contribution in [2.24, 2.45) is 5.73 Å². The molecule has 0 spiro atoms. The summed E-state index contributed by atoms with van der Waals surface area (Å²) in [5.41, 5.74) is 7.10. The lowest BCUT2D eigenvalue weighted by atomic mass is 9.88. The van der Waals surface area contributed by atoms with E-state index in [1.807, 2.05) is 13.2 Å². The van der Waals surface area contributed by atoms with Crippen LogP contribution in [0.15, 0.2) is 18.3 Å². The summed E-state index contributed by atoms with van der Waals surface area (Å²) in [6.45, 7) is 11.4. The summed E-state index contributed by atoms with van der Waals surface area (Å²) >= 11 is 0. The van der Waals surface area contributed by atoms with Gasteiger partial charge in [-0.3, -0.25) is 0 Å². The van der Waals surface area contributed by atoms with E-state index in [-0.39, 0.29) is 11.0 Å². The zero-order valence-corrected chi connectivity index (χ0v) is 11.9. The zero-order valence-electron chi connectivity index (χ0n) is 11.9. The number of likely N-dealkylation sites (N-methyl/N-ethyl adjacent to an activating group) is 1. The molecule has 96 valence electrons. The van der Waals surface area contributed by atoms with Crippen molar-refractivity contribution in [3.8, 4) is 0 Å². The summed E-state index contributed by atoms with van der Waals surface area (Å²) in [6.07, 6.45) is 1.96. The zero-order chi connectivity index (χ0) is 13.3. The fourth-order valence-corrected chi connectivity index (χ4v) is 1.48. The lowest BCUT2D eigenvalue weighted by molar-refractivity contribution is 0.494. The highest BCUT2D eigenvalue weighted by Gasteiger charge is 2.23. The molecule has 0 unspecified atom stereocenters. The monoisotopic (exact) mass is 235 g/mol. The van der Waals surface area contributed by atoms with Crippen LogP contribution in [-0.4, -0.2) is 24.1 Å². The van der Waals surface area contributed by atoms with Gasteiger partial charge in [0.1, 0.15) is 5.82 Å². The Morgan fingerprint density at radius 1 is 1.18 bits per heavy atom. The Kier molecular flexibility index (Phi) is 3.82. The molecule has 0 radical (unpaired) electrons. The van der Waals surface area contributed by atoms with E-state index < -0.39 is 0 Å². The van der Waals surface area contributed by atoms with Gasteiger partial charge in [0.05, 0.1) is 0 Å². The summed E-state index contributed by atoms with van der Waals surface area (Å²) in [4.78, 5) is 6.65. The third-order valence-corrected chi connectivity index (χ3v) is 3.37. The van der Waals surface area contributed by atoms with Gasteiger partial charge in [0.25, 0.3) is 0 Å². The molecular weight excluding hydrogens is 210 g/mol. The molecule has 0 amide bonds. The number of hydrogen-bond donors (Lipinski definition) is 1. The Hall–Kier alpha value is -1.09. The van der Waals surface area contributed by atoms with Crippen molar-refractivity contribution in [1.29, 1.82) is 0 Å². The van der Waals surface area contributed by atoms with Gasteiger partial charge in [-0.1, -0.05) is 26.8 Å². The highest BCUT2D eigenvalue weighted by Crippen LogP contribution is 2.24. The molecule has 0 bridgehead atoms. The Labute approximate surface area is 105 Å². The van der Waals surface area contributed by atoms with Crippen LogP contribution in [-0.2, 0) is 5.41 Å². The molecule has 1 aromatic rings. The third kappa shape index (κ3) is 3.19. The molecule has 0 atom stereocenters. The first kappa shape index (κ1) is 14.0. The average molecular weight is 235 g/mol. The minimum Gasteiger partial charge on any atom is -0.353 e. The van der Waals surface area contributed by atoms with Gasteiger partial charge in [-0.05, 0) is 30.9 Å². The van der Waals surface area contributed by atoms with Crippen molar-refractivity contribution in [3.05, 3.63) is 23.9 Å². The predicted molar refractivity (Wildman–Crippen MR) is 74.5 cm³/mol. The normalized spacial score (nSPS) is 12.6. The van der Waals surface area contributed by atoms with Crippen LogP contribution in [0, 0.1) is 0 Å². The molecule has 0 aliphatic carbocycles. The number of aromatic nitrogens is 1. The van der Waals surface area contributed by atoms with E-state index in [9.17, 15) is 0 Å². The van der Waals surface area contributed by atoms with E-state index in [4.69, 9.17) is 5.73 Å². The summed E-state index contributed by atoms with van der Waals surface area (Å²) in [7, 11) is 2.03. The first-order chi connectivity index (χ1) is 7.68. The van der Waals surface area contributed by atoms with E-state index >= 15 is 0 Å². The molecule has 3 nitrogen and oxygen atoms in total. The number of rotatable bonds is 3. The second-order valence-corrected chi connectivity index (χ2v) is 6.23. The lowest BCUT2D eigenvalue weighted by Gasteiger charge is -2.35. The van der Waals surface area contributed by atoms with Crippen LogP contribution in [0.1, 0.15) is 40.2 Å². The number of anilines is 1. The smallest absolute Gasteiger partial charge is 0.128 e. The topological polar surface area (TPSA) is 42.2 Å². The number of nitrogens with zero attached hydrogens (tertiary/aromatic N) is 2. The van der Waals surface area contributed by atoms with Crippen LogP contribution in [0.25, 0.3) is 0 Å². The van der Waals surface area contributed by atoms with Gasteiger partial charge < -0.3 is 10.6 Å². The molecule has 3 heteroatoms. The van der Waals surface area contributed by atoms with Crippen LogP contribution in [0.2, 0.25) is 0 Å². The summed E-state index contributed by atoms with van der Waals surface area (Å²) < 4.78 is 0. The van der Waals surface area contributed by atoms with Crippen LogP contribution in [0.3, 0.4) is 0 Å². The number of pyridine rings is 1.